The maximum atomic E-state index is 5.64. The molecule has 20 heavy (non-hydrogen) atoms. The lowest BCUT2D eigenvalue weighted by Crippen LogP contribution is -2.45. The number of nitrogens with one attached hydrogen (secondary N) is 1. The predicted octanol–water partition coefficient (Wildman–Crippen LogP) is 1.77. The van der Waals surface area contributed by atoms with Crippen molar-refractivity contribution in [2.75, 3.05) is 46.5 Å². The number of hydrogen-bond donors (Lipinski definition) is 1. The Hall–Kier alpha value is -1.10. The quantitative estimate of drug-likeness (QED) is 0.735. The molecule has 1 fully saturated rings. The molecule has 0 aromatic heterocycles. The third kappa shape index (κ3) is 5.49. The van der Waals surface area contributed by atoms with Crippen molar-refractivity contribution < 1.29 is 9.47 Å². The Kier molecular flexibility index (Phi) is 6.84. The van der Waals surface area contributed by atoms with E-state index in [0.29, 0.717) is 19.3 Å². The fraction of sp³-hybridized carbons (Fsp3) is 0.625. The molecule has 4 heteroatoms. The summed E-state index contributed by atoms with van der Waals surface area (Å²) >= 11 is 0. The number of ether oxygens (including phenoxy) is 2. The zero-order valence-corrected chi connectivity index (χ0v) is 12.4. The molecule has 1 N–H and O–H groups in total. The van der Waals surface area contributed by atoms with Crippen molar-refractivity contribution in [2.45, 2.75) is 18.9 Å². The average molecular weight is 278 g/mol. The van der Waals surface area contributed by atoms with Crippen LogP contribution in [0.4, 0.5) is 0 Å². The van der Waals surface area contributed by atoms with Crippen molar-refractivity contribution >= 4 is 0 Å². The van der Waals surface area contributed by atoms with Gasteiger partial charge in [0.25, 0.3) is 0 Å². The van der Waals surface area contributed by atoms with E-state index in [1.807, 2.05) is 37.4 Å². The number of hydrogen-bond acceptors (Lipinski definition) is 4. The molecule has 1 aromatic rings. The van der Waals surface area contributed by atoms with Gasteiger partial charge in [-0.3, -0.25) is 4.90 Å². The lowest BCUT2D eigenvalue weighted by Gasteiger charge is -2.32. The minimum absolute atomic E-state index is 0.614. The summed E-state index contributed by atoms with van der Waals surface area (Å²) in [5.41, 5.74) is 0. The highest BCUT2D eigenvalue weighted by atomic mass is 16.5. The second-order valence-corrected chi connectivity index (χ2v) is 5.20. The summed E-state index contributed by atoms with van der Waals surface area (Å²) < 4.78 is 11.2. The number of rotatable bonds is 8. The average Bonchev–Trinajstić information content (AvgIpc) is 2.52. The van der Waals surface area contributed by atoms with E-state index in [9.17, 15) is 0 Å². The number of para-hydroxylation sites is 1. The summed E-state index contributed by atoms with van der Waals surface area (Å²) in [6, 6.07) is 10.5. The standard InChI is InChI=1S/C16H26N2O2/c1-17-15-6-5-9-18(14-15)10-11-19-12-13-20-16-7-3-2-4-8-16/h2-4,7-8,15,17H,5-6,9-14H2,1H3. The van der Waals surface area contributed by atoms with Crippen LogP contribution < -0.4 is 10.1 Å². The number of likely N-dealkylation sites (tertiary alicyclic amines) is 1. The fourth-order valence-electron chi connectivity index (χ4n) is 2.53. The Bertz CT molecular complexity index is 359. The summed E-state index contributed by atoms with van der Waals surface area (Å²) in [7, 11) is 2.05. The van der Waals surface area contributed by atoms with Crippen LogP contribution in [0.2, 0.25) is 0 Å². The van der Waals surface area contributed by atoms with Gasteiger partial charge in [-0.1, -0.05) is 18.2 Å². The van der Waals surface area contributed by atoms with Gasteiger partial charge in [0, 0.05) is 19.1 Å². The van der Waals surface area contributed by atoms with E-state index in [0.717, 1.165) is 25.4 Å². The molecule has 1 aromatic carbocycles. The minimum Gasteiger partial charge on any atom is -0.491 e. The first kappa shape index (κ1) is 15.3. The topological polar surface area (TPSA) is 33.7 Å². The molecule has 1 atom stereocenters. The van der Waals surface area contributed by atoms with Crippen molar-refractivity contribution in [3.63, 3.8) is 0 Å². The molecule has 1 heterocycles. The SMILES string of the molecule is CNC1CCCN(CCOCCOc2ccccc2)C1. The Balaban J connectivity index is 1.49. The molecule has 0 spiro atoms. The molecule has 2 rings (SSSR count). The Morgan fingerprint density at radius 3 is 2.85 bits per heavy atom. The summed E-state index contributed by atoms with van der Waals surface area (Å²) in [5, 5.41) is 3.36. The highest BCUT2D eigenvalue weighted by Gasteiger charge is 2.17. The molecule has 0 bridgehead atoms. The highest BCUT2D eigenvalue weighted by molar-refractivity contribution is 5.20. The van der Waals surface area contributed by atoms with Gasteiger partial charge in [-0.15, -0.1) is 0 Å². The maximum absolute atomic E-state index is 5.64. The van der Waals surface area contributed by atoms with Gasteiger partial charge in [0.1, 0.15) is 12.4 Å². The molecule has 1 saturated heterocycles. The third-order valence-electron chi connectivity index (χ3n) is 3.71. The first-order chi connectivity index (χ1) is 9.88. The van der Waals surface area contributed by atoms with Gasteiger partial charge < -0.3 is 14.8 Å². The Labute approximate surface area is 122 Å². The molecule has 0 radical (unpaired) electrons. The van der Waals surface area contributed by atoms with Gasteiger partial charge >= 0.3 is 0 Å². The van der Waals surface area contributed by atoms with Gasteiger partial charge in [0.2, 0.25) is 0 Å². The lowest BCUT2D eigenvalue weighted by atomic mass is 10.1. The molecule has 1 aliphatic heterocycles. The van der Waals surface area contributed by atoms with E-state index in [4.69, 9.17) is 9.47 Å². The van der Waals surface area contributed by atoms with E-state index in [2.05, 4.69) is 10.2 Å². The monoisotopic (exact) mass is 278 g/mol. The number of benzene rings is 1. The van der Waals surface area contributed by atoms with Crippen LogP contribution >= 0.6 is 0 Å². The van der Waals surface area contributed by atoms with E-state index in [1.54, 1.807) is 0 Å². The Morgan fingerprint density at radius 2 is 2.05 bits per heavy atom. The van der Waals surface area contributed by atoms with Crippen LogP contribution in [0.15, 0.2) is 30.3 Å². The van der Waals surface area contributed by atoms with Crippen LogP contribution in [-0.2, 0) is 4.74 Å². The minimum atomic E-state index is 0.614. The van der Waals surface area contributed by atoms with Crippen LogP contribution in [0.3, 0.4) is 0 Å². The fourth-order valence-corrected chi connectivity index (χ4v) is 2.53. The molecule has 1 unspecified atom stereocenters. The first-order valence-electron chi connectivity index (χ1n) is 7.53. The van der Waals surface area contributed by atoms with Crippen LogP contribution in [0.25, 0.3) is 0 Å². The zero-order chi connectivity index (χ0) is 14.0. The molecule has 4 nitrogen and oxygen atoms in total. The smallest absolute Gasteiger partial charge is 0.119 e. The van der Waals surface area contributed by atoms with E-state index in [-0.39, 0.29) is 0 Å². The predicted molar refractivity (Wildman–Crippen MR) is 81.3 cm³/mol. The zero-order valence-electron chi connectivity index (χ0n) is 12.4. The molecule has 0 saturated carbocycles. The van der Waals surface area contributed by atoms with Gasteiger partial charge in [-0.2, -0.15) is 0 Å². The van der Waals surface area contributed by atoms with Crippen molar-refractivity contribution in [1.82, 2.24) is 10.2 Å². The van der Waals surface area contributed by atoms with Gasteiger partial charge in [0.05, 0.1) is 13.2 Å². The second-order valence-electron chi connectivity index (χ2n) is 5.20. The van der Waals surface area contributed by atoms with Gasteiger partial charge in [-0.25, -0.2) is 0 Å². The number of piperidine rings is 1. The van der Waals surface area contributed by atoms with E-state index in [1.165, 1.54) is 19.4 Å². The largest absolute Gasteiger partial charge is 0.491 e. The molecule has 0 amide bonds. The number of likely N-dealkylation sites (N-methyl/N-ethyl adjacent to an activating group) is 1. The van der Waals surface area contributed by atoms with Gasteiger partial charge in [-0.05, 0) is 38.6 Å². The van der Waals surface area contributed by atoms with E-state index < -0.39 is 0 Å². The molecular formula is C16H26N2O2. The van der Waals surface area contributed by atoms with Crippen LogP contribution in [0.1, 0.15) is 12.8 Å². The highest BCUT2D eigenvalue weighted by Crippen LogP contribution is 2.09. The first-order valence-corrected chi connectivity index (χ1v) is 7.53. The normalized spacial score (nSPS) is 19.9. The van der Waals surface area contributed by atoms with Gasteiger partial charge in [0.15, 0.2) is 0 Å². The van der Waals surface area contributed by atoms with Crippen LogP contribution in [0, 0.1) is 0 Å². The second kappa shape index (κ2) is 8.95. The molecule has 0 aliphatic carbocycles. The van der Waals surface area contributed by atoms with Crippen molar-refractivity contribution in [1.29, 1.82) is 0 Å². The number of nitrogens with zero attached hydrogens (tertiary/aromatic N) is 1. The van der Waals surface area contributed by atoms with Crippen molar-refractivity contribution in [3.05, 3.63) is 30.3 Å². The summed E-state index contributed by atoms with van der Waals surface area (Å²) in [6.07, 6.45) is 2.57. The van der Waals surface area contributed by atoms with Crippen molar-refractivity contribution in [2.24, 2.45) is 0 Å². The Morgan fingerprint density at radius 1 is 1.20 bits per heavy atom. The molecule has 1 aliphatic rings. The summed E-state index contributed by atoms with van der Waals surface area (Å²) in [5.74, 6) is 0.906. The van der Waals surface area contributed by atoms with Crippen LogP contribution in [-0.4, -0.2) is 57.4 Å². The molecule has 112 valence electrons. The lowest BCUT2D eigenvalue weighted by molar-refractivity contribution is 0.0712. The summed E-state index contributed by atoms with van der Waals surface area (Å²) in [6.45, 7) is 5.40. The summed E-state index contributed by atoms with van der Waals surface area (Å²) in [4.78, 5) is 2.47. The van der Waals surface area contributed by atoms with Crippen LogP contribution in [0.5, 0.6) is 5.75 Å². The maximum Gasteiger partial charge on any atom is 0.119 e. The third-order valence-corrected chi connectivity index (χ3v) is 3.71. The molecular weight excluding hydrogens is 252 g/mol. The van der Waals surface area contributed by atoms with E-state index >= 15 is 0 Å². The van der Waals surface area contributed by atoms with Crippen molar-refractivity contribution in [3.8, 4) is 5.75 Å².